The van der Waals surface area contributed by atoms with Crippen LogP contribution in [0.25, 0.3) is 10.1 Å². The summed E-state index contributed by atoms with van der Waals surface area (Å²) in [5.74, 6) is 0. The Kier molecular flexibility index (Phi) is 2.70. The quantitative estimate of drug-likeness (QED) is 0.752. The molecule has 0 bridgehead atoms. The molecule has 0 saturated carbocycles. The first-order chi connectivity index (χ1) is 6.77. The number of rotatable bonds is 2. The van der Waals surface area contributed by atoms with Gasteiger partial charge in [0.2, 0.25) is 0 Å². The van der Waals surface area contributed by atoms with Crippen molar-refractivity contribution in [3.8, 4) is 0 Å². The number of aryl methyl sites for hydroxylation is 1. The Morgan fingerprint density at radius 2 is 2.29 bits per heavy atom. The molecule has 2 rings (SSSR count). The SMILES string of the molecule is CCc1c(Br)ccc2scc(C=O)c12. The zero-order valence-electron chi connectivity index (χ0n) is 7.71. The topological polar surface area (TPSA) is 17.1 Å². The standard InChI is InChI=1S/C11H9BrOS/c1-2-8-9(12)3-4-10-11(8)7(5-13)6-14-10/h3-6H,2H2,1H3. The lowest BCUT2D eigenvalue weighted by molar-refractivity contribution is 0.112. The molecular formula is C11H9BrOS. The van der Waals surface area contributed by atoms with Crippen LogP contribution in [0.2, 0.25) is 0 Å². The summed E-state index contributed by atoms with van der Waals surface area (Å²) in [7, 11) is 0. The summed E-state index contributed by atoms with van der Waals surface area (Å²) in [6.45, 7) is 2.10. The van der Waals surface area contributed by atoms with Crippen molar-refractivity contribution in [2.75, 3.05) is 0 Å². The number of hydrogen-bond acceptors (Lipinski definition) is 2. The van der Waals surface area contributed by atoms with Crippen LogP contribution in [0.4, 0.5) is 0 Å². The molecule has 0 aliphatic rings. The van der Waals surface area contributed by atoms with Crippen LogP contribution in [0.1, 0.15) is 22.8 Å². The van der Waals surface area contributed by atoms with Crippen LogP contribution in [-0.4, -0.2) is 6.29 Å². The number of benzene rings is 1. The third kappa shape index (κ3) is 1.41. The van der Waals surface area contributed by atoms with Crippen LogP contribution in [0, 0.1) is 0 Å². The van der Waals surface area contributed by atoms with Crippen LogP contribution in [0.15, 0.2) is 22.0 Å². The zero-order valence-corrected chi connectivity index (χ0v) is 10.1. The molecule has 0 aliphatic carbocycles. The fraction of sp³-hybridized carbons (Fsp3) is 0.182. The Morgan fingerprint density at radius 3 is 2.93 bits per heavy atom. The monoisotopic (exact) mass is 268 g/mol. The number of aldehydes is 1. The highest BCUT2D eigenvalue weighted by Gasteiger charge is 2.09. The van der Waals surface area contributed by atoms with Gasteiger partial charge in [-0.1, -0.05) is 22.9 Å². The van der Waals surface area contributed by atoms with E-state index in [2.05, 4.69) is 28.9 Å². The number of fused-ring (bicyclic) bond motifs is 1. The summed E-state index contributed by atoms with van der Waals surface area (Å²) in [6.07, 6.45) is 1.87. The summed E-state index contributed by atoms with van der Waals surface area (Å²) in [4.78, 5) is 10.9. The smallest absolute Gasteiger partial charge is 0.151 e. The highest BCUT2D eigenvalue weighted by Crippen LogP contribution is 2.33. The largest absolute Gasteiger partial charge is 0.298 e. The van der Waals surface area contributed by atoms with E-state index in [0.29, 0.717) is 0 Å². The molecule has 2 aromatic rings. The molecule has 1 nitrogen and oxygen atoms in total. The molecular weight excluding hydrogens is 260 g/mol. The Hall–Kier alpha value is -0.670. The van der Waals surface area contributed by atoms with Crippen LogP contribution in [0.3, 0.4) is 0 Å². The van der Waals surface area contributed by atoms with Crippen molar-refractivity contribution in [2.24, 2.45) is 0 Å². The van der Waals surface area contributed by atoms with Gasteiger partial charge in [-0.3, -0.25) is 4.79 Å². The maximum atomic E-state index is 10.9. The lowest BCUT2D eigenvalue weighted by Crippen LogP contribution is -1.86. The van der Waals surface area contributed by atoms with E-state index in [4.69, 9.17) is 0 Å². The van der Waals surface area contributed by atoms with Crippen molar-refractivity contribution >= 4 is 43.6 Å². The third-order valence-electron chi connectivity index (χ3n) is 2.30. The maximum absolute atomic E-state index is 10.9. The summed E-state index contributed by atoms with van der Waals surface area (Å²) in [5.41, 5.74) is 2.04. The lowest BCUT2D eigenvalue weighted by Gasteiger charge is -2.03. The van der Waals surface area contributed by atoms with Crippen molar-refractivity contribution in [3.05, 3.63) is 33.1 Å². The molecule has 0 N–H and O–H groups in total. The summed E-state index contributed by atoms with van der Waals surface area (Å²) in [6, 6.07) is 4.10. The second kappa shape index (κ2) is 3.83. The van der Waals surface area contributed by atoms with Gasteiger partial charge in [-0.2, -0.15) is 0 Å². The first-order valence-corrected chi connectivity index (χ1v) is 6.09. The van der Waals surface area contributed by atoms with Gasteiger partial charge in [0, 0.05) is 25.5 Å². The maximum Gasteiger partial charge on any atom is 0.151 e. The fourth-order valence-corrected chi connectivity index (χ4v) is 3.18. The second-order valence-corrected chi connectivity index (χ2v) is 4.83. The van der Waals surface area contributed by atoms with Gasteiger partial charge in [0.1, 0.15) is 0 Å². The lowest BCUT2D eigenvalue weighted by atomic mass is 10.1. The van der Waals surface area contributed by atoms with Gasteiger partial charge in [-0.05, 0) is 24.1 Å². The molecule has 0 unspecified atom stereocenters. The van der Waals surface area contributed by atoms with Crippen LogP contribution < -0.4 is 0 Å². The van der Waals surface area contributed by atoms with Gasteiger partial charge in [-0.25, -0.2) is 0 Å². The molecule has 1 aromatic carbocycles. The second-order valence-electron chi connectivity index (χ2n) is 3.06. The van der Waals surface area contributed by atoms with Crippen LogP contribution >= 0.6 is 27.3 Å². The van der Waals surface area contributed by atoms with Gasteiger partial charge < -0.3 is 0 Å². The van der Waals surface area contributed by atoms with E-state index >= 15 is 0 Å². The van der Waals surface area contributed by atoms with Gasteiger partial charge in [0.25, 0.3) is 0 Å². The zero-order chi connectivity index (χ0) is 10.1. The summed E-state index contributed by atoms with van der Waals surface area (Å²) in [5, 5.41) is 3.03. The number of thiophene rings is 1. The number of halogens is 1. The summed E-state index contributed by atoms with van der Waals surface area (Å²) >= 11 is 5.14. The van der Waals surface area contributed by atoms with E-state index in [-0.39, 0.29) is 0 Å². The molecule has 0 amide bonds. The van der Waals surface area contributed by atoms with E-state index in [1.54, 1.807) is 11.3 Å². The predicted molar refractivity (Wildman–Crippen MR) is 64.3 cm³/mol. The number of carbonyl (C=O) groups is 1. The molecule has 3 heteroatoms. The number of carbonyl (C=O) groups excluding carboxylic acids is 1. The molecule has 0 atom stereocenters. The van der Waals surface area contributed by atoms with Gasteiger partial charge in [-0.15, -0.1) is 11.3 Å². The molecule has 1 heterocycles. The molecule has 72 valence electrons. The molecule has 1 aromatic heterocycles. The minimum Gasteiger partial charge on any atom is -0.298 e. The summed E-state index contributed by atoms with van der Waals surface area (Å²) < 4.78 is 2.28. The average Bonchev–Trinajstić information content (AvgIpc) is 2.61. The Labute approximate surface area is 94.9 Å². The van der Waals surface area contributed by atoms with E-state index in [9.17, 15) is 4.79 Å². The molecule has 0 spiro atoms. The normalized spacial score (nSPS) is 10.7. The third-order valence-corrected chi connectivity index (χ3v) is 4.01. The molecule has 0 saturated heterocycles. The first-order valence-electron chi connectivity index (χ1n) is 4.41. The minimum atomic E-state index is 0.808. The van der Waals surface area contributed by atoms with Gasteiger partial charge >= 0.3 is 0 Å². The van der Waals surface area contributed by atoms with Crippen molar-refractivity contribution in [2.45, 2.75) is 13.3 Å². The van der Waals surface area contributed by atoms with Crippen LogP contribution in [0.5, 0.6) is 0 Å². The van der Waals surface area contributed by atoms with E-state index in [1.165, 1.54) is 10.3 Å². The predicted octanol–water partition coefficient (Wildman–Crippen LogP) is 4.04. The van der Waals surface area contributed by atoms with E-state index < -0.39 is 0 Å². The Bertz CT molecular complexity index is 487. The van der Waals surface area contributed by atoms with Crippen molar-refractivity contribution in [1.82, 2.24) is 0 Å². The van der Waals surface area contributed by atoms with Crippen molar-refractivity contribution in [3.63, 3.8) is 0 Å². The first kappa shape index (κ1) is 9.87. The van der Waals surface area contributed by atoms with Crippen molar-refractivity contribution < 1.29 is 4.79 Å². The minimum absolute atomic E-state index is 0.808. The fourth-order valence-electron chi connectivity index (χ4n) is 1.63. The van der Waals surface area contributed by atoms with E-state index in [1.807, 2.05) is 11.4 Å². The Morgan fingerprint density at radius 1 is 1.50 bits per heavy atom. The number of hydrogen-bond donors (Lipinski definition) is 0. The molecule has 0 radical (unpaired) electrons. The van der Waals surface area contributed by atoms with Gasteiger partial charge in [0.15, 0.2) is 6.29 Å². The van der Waals surface area contributed by atoms with Crippen LogP contribution in [-0.2, 0) is 6.42 Å². The average molecular weight is 269 g/mol. The Balaban J connectivity index is 2.88. The van der Waals surface area contributed by atoms with Crippen molar-refractivity contribution in [1.29, 1.82) is 0 Å². The van der Waals surface area contributed by atoms with E-state index in [0.717, 1.165) is 28.1 Å². The molecule has 14 heavy (non-hydrogen) atoms. The van der Waals surface area contributed by atoms with Gasteiger partial charge in [0.05, 0.1) is 0 Å². The highest BCUT2D eigenvalue weighted by atomic mass is 79.9. The highest BCUT2D eigenvalue weighted by molar-refractivity contribution is 9.10. The molecule has 0 aliphatic heterocycles. The molecule has 0 fully saturated rings.